The molecule has 0 spiro atoms. The summed E-state index contributed by atoms with van der Waals surface area (Å²) in [4.78, 5) is 30.4. The first kappa shape index (κ1) is 27.3. The number of hydrogen-bond acceptors (Lipinski definition) is 3. The predicted octanol–water partition coefficient (Wildman–Crippen LogP) is 6.83. The van der Waals surface area contributed by atoms with Crippen molar-refractivity contribution in [2.24, 2.45) is 0 Å². The average molecular weight is 535 g/mol. The molecule has 0 unspecified atom stereocenters. The van der Waals surface area contributed by atoms with Gasteiger partial charge in [0.05, 0.1) is 0 Å². The number of carbonyl (C=O) groups excluding carboxylic acids is 2. The van der Waals surface area contributed by atoms with Gasteiger partial charge in [-0.3, -0.25) is 9.59 Å². The number of hydrogen-bond donors (Lipinski definition) is 1. The number of nitrogens with one attached hydrogen (secondary N) is 1. The Hall–Kier alpha value is -2.76. The lowest BCUT2D eigenvalue weighted by molar-refractivity contribution is -0.141. The lowest BCUT2D eigenvalue weighted by Crippen LogP contribution is -2.52. The Morgan fingerprint density at radius 1 is 0.973 bits per heavy atom. The molecule has 37 heavy (non-hydrogen) atoms. The van der Waals surface area contributed by atoms with Crippen LogP contribution in [0.15, 0.2) is 83.8 Å². The number of rotatable bonds is 11. The van der Waals surface area contributed by atoms with E-state index in [9.17, 15) is 9.59 Å². The van der Waals surface area contributed by atoms with E-state index in [0.29, 0.717) is 30.2 Å². The Labute approximate surface area is 229 Å². The van der Waals surface area contributed by atoms with Crippen LogP contribution in [0.1, 0.15) is 48.8 Å². The zero-order chi connectivity index (χ0) is 26.0. The standard InChI is InChI=1S/C31H35ClN2O2S/c1-23-9-5-6-12-25(23)22-34(30(35)19-20-37-28-17-15-26(32)16-18-28)29(21-24-10-3-2-4-11-24)31(36)33-27-13-7-8-14-27/h2-6,9-12,15-18,27,29H,7-8,13-14,19-22H2,1H3,(H,33,36)/t29-/m0/s1. The van der Waals surface area contributed by atoms with Crippen LogP contribution in [0.2, 0.25) is 5.02 Å². The van der Waals surface area contributed by atoms with Gasteiger partial charge in [-0.2, -0.15) is 0 Å². The highest BCUT2D eigenvalue weighted by atomic mass is 35.5. The second-order valence-corrected chi connectivity index (χ2v) is 11.3. The lowest BCUT2D eigenvalue weighted by Gasteiger charge is -2.33. The molecule has 0 saturated heterocycles. The van der Waals surface area contributed by atoms with Crippen molar-refractivity contribution in [1.29, 1.82) is 0 Å². The van der Waals surface area contributed by atoms with Crippen LogP contribution in [-0.2, 0) is 22.6 Å². The van der Waals surface area contributed by atoms with E-state index in [1.807, 2.05) is 77.7 Å². The van der Waals surface area contributed by atoms with Gasteiger partial charge in [0.25, 0.3) is 0 Å². The molecule has 0 heterocycles. The molecule has 4 rings (SSSR count). The maximum absolute atomic E-state index is 13.8. The van der Waals surface area contributed by atoms with Gasteiger partial charge in [0.15, 0.2) is 0 Å². The zero-order valence-electron chi connectivity index (χ0n) is 21.4. The number of carbonyl (C=O) groups is 2. The van der Waals surface area contributed by atoms with Crippen LogP contribution >= 0.6 is 23.4 Å². The first-order valence-corrected chi connectivity index (χ1v) is 14.4. The van der Waals surface area contributed by atoms with Gasteiger partial charge in [-0.25, -0.2) is 0 Å². The van der Waals surface area contributed by atoms with E-state index in [-0.39, 0.29) is 17.9 Å². The first-order chi connectivity index (χ1) is 18.0. The number of nitrogens with zero attached hydrogens (tertiary/aromatic N) is 1. The van der Waals surface area contributed by atoms with Gasteiger partial charge in [-0.05, 0) is 60.7 Å². The van der Waals surface area contributed by atoms with Gasteiger partial charge >= 0.3 is 0 Å². The minimum atomic E-state index is -0.573. The van der Waals surface area contributed by atoms with Crippen LogP contribution in [0.25, 0.3) is 0 Å². The van der Waals surface area contributed by atoms with Crippen LogP contribution in [0.3, 0.4) is 0 Å². The van der Waals surface area contributed by atoms with E-state index >= 15 is 0 Å². The highest BCUT2D eigenvalue weighted by Crippen LogP contribution is 2.24. The van der Waals surface area contributed by atoms with E-state index in [1.165, 1.54) is 0 Å². The Morgan fingerprint density at radius 2 is 1.65 bits per heavy atom. The molecule has 3 aromatic carbocycles. The zero-order valence-corrected chi connectivity index (χ0v) is 22.9. The van der Waals surface area contributed by atoms with Gasteiger partial charge in [-0.1, -0.05) is 79.0 Å². The minimum absolute atomic E-state index is 0.00720. The molecule has 2 amide bonds. The van der Waals surface area contributed by atoms with Crippen LogP contribution in [-0.4, -0.2) is 34.6 Å². The van der Waals surface area contributed by atoms with Crippen molar-refractivity contribution in [1.82, 2.24) is 10.2 Å². The maximum Gasteiger partial charge on any atom is 0.243 e. The maximum atomic E-state index is 13.8. The Balaban J connectivity index is 1.56. The van der Waals surface area contributed by atoms with Crippen LogP contribution in [0.4, 0.5) is 0 Å². The molecule has 0 aromatic heterocycles. The third-order valence-corrected chi connectivity index (χ3v) is 8.24. The van der Waals surface area contributed by atoms with E-state index < -0.39 is 6.04 Å². The Bertz CT molecular complexity index is 1160. The summed E-state index contributed by atoms with van der Waals surface area (Å²) < 4.78 is 0. The Morgan fingerprint density at radius 3 is 2.35 bits per heavy atom. The third kappa shape index (κ3) is 8.11. The third-order valence-electron chi connectivity index (χ3n) is 6.97. The summed E-state index contributed by atoms with van der Waals surface area (Å²) in [5, 5.41) is 3.97. The van der Waals surface area contributed by atoms with Crippen molar-refractivity contribution in [2.75, 3.05) is 5.75 Å². The van der Waals surface area contributed by atoms with E-state index in [4.69, 9.17) is 11.6 Å². The summed E-state index contributed by atoms with van der Waals surface area (Å²) in [7, 11) is 0. The summed E-state index contributed by atoms with van der Waals surface area (Å²) in [6, 6.07) is 25.4. The van der Waals surface area contributed by atoms with E-state index in [0.717, 1.165) is 47.3 Å². The fourth-order valence-corrected chi connectivity index (χ4v) is 5.79. The van der Waals surface area contributed by atoms with Gasteiger partial charge in [0.2, 0.25) is 11.8 Å². The lowest BCUT2D eigenvalue weighted by atomic mass is 10.0. The molecule has 194 valence electrons. The number of aryl methyl sites for hydroxylation is 1. The molecule has 3 aromatic rings. The monoisotopic (exact) mass is 534 g/mol. The van der Waals surface area contributed by atoms with Crippen molar-refractivity contribution in [3.05, 3.63) is 101 Å². The molecule has 1 aliphatic carbocycles. The minimum Gasteiger partial charge on any atom is -0.352 e. The normalized spacial score (nSPS) is 14.3. The molecule has 1 aliphatic rings. The van der Waals surface area contributed by atoms with E-state index in [1.54, 1.807) is 11.8 Å². The summed E-state index contributed by atoms with van der Waals surface area (Å²) in [6.07, 6.45) is 5.13. The largest absolute Gasteiger partial charge is 0.352 e. The topological polar surface area (TPSA) is 49.4 Å². The molecule has 1 saturated carbocycles. The average Bonchev–Trinajstić information content (AvgIpc) is 3.42. The van der Waals surface area contributed by atoms with Crippen LogP contribution in [0, 0.1) is 6.92 Å². The molecule has 0 aliphatic heterocycles. The molecule has 1 atom stereocenters. The summed E-state index contributed by atoms with van der Waals surface area (Å²) >= 11 is 7.64. The number of amides is 2. The second-order valence-electron chi connectivity index (χ2n) is 9.70. The first-order valence-electron chi connectivity index (χ1n) is 13.1. The van der Waals surface area contributed by atoms with Crippen molar-refractivity contribution < 1.29 is 9.59 Å². The highest BCUT2D eigenvalue weighted by Gasteiger charge is 2.32. The van der Waals surface area contributed by atoms with Crippen molar-refractivity contribution in [3.8, 4) is 0 Å². The van der Waals surface area contributed by atoms with Crippen molar-refractivity contribution >= 4 is 35.2 Å². The fraction of sp³-hybridized carbons (Fsp3) is 0.355. The molecule has 6 heteroatoms. The fourth-order valence-electron chi connectivity index (χ4n) is 4.82. The Kier molecular flexibility index (Phi) is 10.1. The van der Waals surface area contributed by atoms with Crippen LogP contribution < -0.4 is 5.32 Å². The molecular weight excluding hydrogens is 500 g/mol. The highest BCUT2D eigenvalue weighted by molar-refractivity contribution is 7.99. The quantitative estimate of drug-likeness (QED) is 0.274. The molecule has 4 nitrogen and oxygen atoms in total. The molecular formula is C31H35ClN2O2S. The van der Waals surface area contributed by atoms with Gasteiger partial charge in [-0.15, -0.1) is 11.8 Å². The summed E-state index contributed by atoms with van der Waals surface area (Å²) in [6.45, 7) is 2.46. The van der Waals surface area contributed by atoms with Crippen LogP contribution in [0.5, 0.6) is 0 Å². The molecule has 0 radical (unpaired) electrons. The van der Waals surface area contributed by atoms with Gasteiger partial charge in [0, 0.05) is 41.1 Å². The van der Waals surface area contributed by atoms with E-state index in [2.05, 4.69) is 18.3 Å². The van der Waals surface area contributed by atoms with Crippen molar-refractivity contribution in [3.63, 3.8) is 0 Å². The summed E-state index contributed by atoms with van der Waals surface area (Å²) in [5.74, 6) is 0.572. The number of halogens is 1. The van der Waals surface area contributed by atoms with Gasteiger partial charge in [0.1, 0.15) is 6.04 Å². The number of thioether (sulfide) groups is 1. The smallest absolute Gasteiger partial charge is 0.243 e. The summed E-state index contributed by atoms with van der Waals surface area (Å²) in [5.41, 5.74) is 3.23. The SMILES string of the molecule is Cc1ccccc1CN(C(=O)CCSc1ccc(Cl)cc1)[C@@H](Cc1ccccc1)C(=O)NC1CCCC1. The second kappa shape index (κ2) is 13.7. The molecule has 1 N–H and O–H groups in total. The van der Waals surface area contributed by atoms with Crippen molar-refractivity contribution in [2.45, 2.75) is 69.0 Å². The van der Waals surface area contributed by atoms with Gasteiger partial charge < -0.3 is 10.2 Å². The molecule has 0 bridgehead atoms. The number of benzene rings is 3. The molecule has 1 fully saturated rings. The predicted molar refractivity (Wildman–Crippen MR) is 153 cm³/mol.